The molecule has 1 aliphatic rings. The van der Waals surface area contributed by atoms with Crippen molar-refractivity contribution in [3.05, 3.63) is 29.0 Å². The minimum Gasteiger partial charge on any atom is -0.333 e. The zero-order valence-electron chi connectivity index (χ0n) is 13.0. The Bertz CT molecular complexity index is 688. The summed E-state index contributed by atoms with van der Waals surface area (Å²) in [5.41, 5.74) is 6.38. The van der Waals surface area contributed by atoms with E-state index < -0.39 is 0 Å². The number of likely N-dealkylation sites (tertiary alicyclic amines) is 1. The number of carbonyl (C=O) groups excluding carboxylic acids is 1. The molecule has 3 heterocycles. The number of aryl methyl sites for hydroxylation is 1. The van der Waals surface area contributed by atoms with Crippen molar-refractivity contribution in [1.82, 2.24) is 19.9 Å². The van der Waals surface area contributed by atoms with Gasteiger partial charge in [-0.1, -0.05) is 0 Å². The average Bonchev–Trinajstić information content (AvgIpc) is 2.99. The van der Waals surface area contributed by atoms with Crippen molar-refractivity contribution < 1.29 is 4.79 Å². The molecule has 1 saturated heterocycles. The molecule has 0 saturated carbocycles. The third kappa shape index (κ3) is 3.65. The molecule has 2 aromatic heterocycles. The third-order valence-electron chi connectivity index (χ3n) is 3.86. The summed E-state index contributed by atoms with van der Waals surface area (Å²) in [6.45, 7) is 2.77. The van der Waals surface area contributed by atoms with E-state index in [9.17, 15) is 4.79 Å². The number of nitrogens with zero attached hydrogens (tertiary/aromatic N) is 4. The Kier molecular flexibility index (Phi) is 4.82. The number of nitrogens with two attached hydrogens (primary N) is 1. The van der Waals surface area contributed by atoms with Crippen LogP contribution >= 0.6 is 11.3 Å². The minimum absolute atomic E-state index is 0.0265. The summed E-state index contributed by atoms with van der Waals surface area (Å²) in [6, 6.07) is 1.84. The third-order valence-corrected chi connectivity index (χ3v) is 4.68. The molecule has 0 aromatic carbocycles. The molecule has 23 heavy (non-hydrogen) atoms. The lowest BCUT2D eigenvalue weighted by Gasteiger charge is -2.35. The highest BCUT2D eigenvalue weighted by atomic mass is 32.1. The predicted molar refractivity (Wildman–Crippen MR) is 89.5 cm³/mol. The molecule has 3 N–H and O–H groups in total. The van der Waals surface area contributed by atoms with Crippen molar-refractivity contribution in [3.63, 3.8) is 0 Å². The van der Waals surface area contributed by atoms with E-state index in [0.29, 0.717) is 5.95 Å². The Hall–Kier alpha value is -2.06. The number of hydrogen-bond acceptors (Lipinski definition) is 7. The predicted octanol–water partition coefficient (Wildman–Crippen LogP) is 2.00. The Labute approximate surface area is 139 Å². The van der Waals surface area contributed by atoms with Gasteiger partial charge in [-0.15, -0.1) is 11.3 Å². The molecule has 1 amide bonds. The molecule has 122 valence electrons. The van der Waals surface area contributed by atoms with Gasteiger partial charge in [0.05, 0.1) is 18.3 Å². The summed E-state index contributed by atoms with van der Waals surface area (Å²) in [7, 11) is 0. The van der Waals surface area contributed by atoms with Gasteiger partial charge in [0.2, 0.25) is 11.9 Å². The van der Waals surface area contributed by atoms with Crippen molar-refractivity contribution in [2.75, 3.05) is 18.4 Å². The van der Waals surface area contributed by atoms with E-state index in [0.717, 1.165) is 41.5 Å². The number of rotatable bonds is 4. The molecule has 0 unspecified atom stereocenters. The Morgan fingerprint density at radius 2 is 2.35 bits per heavy atom. The quantitative estimate of drug-likeness (QED) is 0.889. The van der Waals surface area contributed by atoms with Crippen LogP contribution in [0.4, 0.5) is 11.1 Å². The molecular weight excluding hydrogens is 312 g/mol. The highest BCUT2D eigenvalue weighted by molar-refractivity contribution is 7.15. The highest BCUT2D eigenvalue weighted by Crippen LogP contribution is 2.30. The van der Waals surface area contributed by atoms with E-state index in [-0.39, 0.29) is 18.5 Å². The summed E-state index contributed by atoms with van der Waals surface area (Å²) in [6.07, 6.45) is 6.51. The Balaban J connectivity index is 1.81. The Morgan fingerprint density at radius 1 is 1.48 bits per heavy atom. The van der Waals surface area contributed by atoms with Crippen LogP contribution in [0.25, 0.3) is 0 Å². The summed E-state index contributed by atoms with van der Waals surface area (Å²) in [5.74, 6) is 0.473. The SMILES string of the molecule is Cc1cnc(Nc2nccc([C@@H]3CCCCN3C(=O)CN)n2)s1. The summed E-state index contributed by atoms with van der Waals surface area (Å²) in [5, 5.41) is 3.88. The molecule has 3 rings (SSSR count). The van der Waals surface area contributed by atoms with Crippen LogP contribution in [-0.2, 0) is 4.79 Å². The number of amides is 1. The smallest absolute Gasteiger partial charge is 0.236 e. The molecule has 0 aliphatic carbocycles. The number of piperidine rings is 1. The highest BCUT2D eigenvalue weighted by Gasteiger charge is 2.28. The van der Waals surface area contributed by atoms with Crippen molar-refractivity contribution in [2.45, 2.75) is 32.2 Å². The normalized spacial score (nSPS) is 18.0. The van der Waals surface area contributed by atoms with Gasteiger partial charge < -0.3 is 16.0 Å². The monoisotopic (exact) mass is 332 g/mol. The van der Waals surface area contributed by atoms with Crippen LogP contribution in [0.15, 0.2) is 18.5 Å². The maximum absolute atomic E-state index is 12.1. The van der Waals surface area contributed by atoms with Gasteiger partial charge in [-0.25, -0.2) is 15.0 Å². The first kappa shape index (κ1) is 15.8. The molecule has 0 radical (unpaired) electrons. The fourth-order valence-electron chi connectivity index (χ4n) is 2.78. The van der Waals surface area contributed by atoms with Gasteiger partial charge in [0, 0.05) is 23.8 Å². The number of nitrogens with one attached hydrogen (secondary N) is 1. The molecule has 1 fully saturated rings. The average molecular weight is 332 g/mol. The molecule has 0 spiro atoms. The minimum atomic E-state index is -0.0293. The van der Waals surface area contributed by atoms with Gasteiger partial charge in [-0.2, -0.15) is 0 Å². The molecule has 2 aromatic rings. The lowest BCUT2D eigenvalue weighted by Crippen LogP contribution is -2.42. The van der Waals surface area contributed by atoms with Gasteiger partial charge in [-0.05, 0) is 32.3 Å². The largest absolute Gasteiger partial charge is 0.333 e. The zero-order chi connectivity index (χ0) is 16.2. The van der Waals surface area contributed by atoms with Crippen LogP contribution in [0, 0.1) is 6.92 Å². The summed E-state index contributed by atoms with van der Waals surface area (Å²) < 4.78 is 0. The van der Waals surface area contributed by atoms with Crippen LogP contribution < -0.4 is 11.1 Å². The Morgan fingerprint density at radius 3 is 3.09 bits per heavy atom. The second-order valence-electron chi connectivity index (χ2n) is 5.51. The van der Waals surface area contributed by atoms with Crippen LogP contribution in [-0.4, -0.2) is 38.8 Å². The van der Waals surface area contributed by atoms with Crippen molar-refractivity contribution in [1.29, 1.82) is 0 Å². The van der Waals surface area contributed by atoms with Crippen LogP contribution in [0.1, 0.15) is 35.9 Å². The number of carbonyl (C=O) groups is 1. The van der Waals surface area contributed by atoms with Gasteiger partial charge in [0.25, 0.3) is 0 Å². The fraction of sp³-hybridized carbons (Fsp3) is 0.467. The number of thiazole rings is 1. The van der Waals surface area contributed by atoms with Gasteiger partial charge >= 0.3 is 0 Å². The molecular formula is C15H20N6OS. The van der Waals surface area contributed by atoms with E-state index >= 15 is 0 Å². The van der Waals surface area contributed by atoms with E-state index in [1.54, 1.807) is 23.7 Å². The van der Waals surface area contributed by atoms with Crippen LogP contribution in [0.5, 0.6) is 0 Å². The topological polar surface area (TPSA) is 97.0 Å². The van der Waals surface area contributed by atoms with Crippen LogP contribution in [0.3, 0.4) is 0 Å². The molecule has 8 heteroatoms. The maximum atomic E-state index is 12.1. The summed E-state index contributed by atoms with van der Waals surface area (Å²) in [4.78, 5) is 28.1. The lowest BCUT2D eigenvalue weighted by molar-refractivity contribution is -0.133. The first-order chi connectivity index (χ1) is 11.2. The van der Waals surface area contributed by atoms with Crippen molar-refractivity contribution >= 4 is 28.3 Å². The van der Waals surface area contributed by atoms with Gasteiger partial charge in [0.1, 0.15) is 0 Å². The van der Waals surface area contributed by atoms with E-state index in [4.69, 9.17) is 5.73 Å². The first-order valence-electron chi connectivity index (χ1n) is 7.69. The second-order valence-corrected chi connectivity index (χ2v) is 6.74. The number of hydrogen-bond donors (Lipinski definition) is 2. The van der Waals surface area contributed by atoms with E-state index in [1.165, 1.54) is 0 Å². The number of anilines is 2. The van der Waals surface area contributed by atoms with E-state index in [1.807, 2.05) is 17.9 Å². The van der Waals surface area contributed by atoms with Crippen LogP contribution in [0.2, 0.25) is 0 Å². The maximum Gasteiger partial charge on any atom is 0.236 e. The van der Waals surface area contributed by atoms with Gasteiger partial charge in [0.15, 0.2) is 5.13 Å². The lowest BCUT2D eigenvalue weighted by atomic mass is 9.99. The second kappa shape index (κ2) is 7.01. The zero-order valence-corrected chi connectivity index (χ0v) is 13.8. The summed E-state index contributed by atoms with van der Waals surface area (Å²) >= 11 is 1.55. The molecule has 1 atom stereocenters. The number of aromatic nitrogens is 3. The molecule has 0 bridgehead atoms. The van der Waals surface area contributed by atoms with Crippen molar-refractivity contribution in [3.8, 4) is 0 Å². The molecule has 7 nitrogen and oxygen atoms in total. The van der Waals surface area contributed by atoms with Gasteiger partial charge in [-0.3, -0.25) is 4.79 Å². The standard InChI is InChI=1S/C15H20N6OS/c1-10-9-18-15(23-10)20-14-17-6-5-11(19-14)12-4-2-3-7-21(12)13(22)8-16/h5-6,9,12H,2-4,7-8,16H2,1H3,(H,17,18,19,20)/t12-/m0/s1. The van der Waals surface area contributed by atoms with E-state index in [2.05, 4.69) is 20.3 Å². The first-order valence-corrected chi connectivity index (χ1v) is 8.51. The fourth-order valence-corrected chi connectivity index (χ4v) is 3.44. The molecule has 1 aliphatic heterocycles. The van der Waals surface area contributed by atoms with Crippen molar-refractivity contribution in [2.24, 2.45) is 5.73 Å².